The number of benzene rings is 1. The Labute approximate surface area is 146 Å². The molecule has 0 fully saturated rings. The molecule has 120 valence electrons. The van der Waals surface area contributed by atoms with Crippen molar-refractivity contribution < 1.29 is 0 Å². The topological polar surface area (TPSA) is 83.1 Å². The lowest BCUT2D eigenvalue weighted by molar-refractivity contribution is 1.12. The Morgan fingerprint density at radius 2 is 2.04 bits per heavy atom. The molecule has 0 bridgehead atoms. The first-order valence-electron chi connectivity index (χ1n) is 7.45. The molecule has 25 heavy (non-hydrogen) atoms. The molecule has 0 aliphatic carbocycles. The molecule has 0 saturated carbocycles. The van der Waals surface area contributed by atoms with Crippen LogP contribution in [0.2, 0.25) is 0 Å². The van der Waals surface area contributed by atoms with E-state index in [1.54, 1.807) is 28.8 Å². The Kier molecular flexibility index (Phi) is 3.72. The third-order valence-corrected chi connectivity index (χ3v) is 4.71. The highest BCUT2D eigenvalue weighted by Gasteiger charge is 2.10. The summed E-state index contributed by atoms with van der Waals surface area (Å²) >= 11 is 1.46. The highest BCUT2D eigenvalue weighted by molar-refractivity contribution is 7.23. The highest BCUT2D eigenvalue weighted by Crippen LogP contribution is 2.23. The van der Waals surface area contributed by atoms with Crippen LogP contribution in [0.5, 0.6) is 0 Å². The van der Waals surface area contributed by atoms with Gasteiger partial charge in [0.25, 0.3) is 5.56 Å². The molecule has 4 rings (SSSR count). The number of rotatable bonds is 3. The van der Waals surface area contributed by atoms with Crippen LogP contribution in [0.1, 0.15) is 5.69 Å². The zero-order chi connectivity index (χ0) is 17.2. The van der Waals surface area contributed by atoms with Gasteiger partial charge in [-0.3, -0.25) is 9.78 Å². The molecule has 0 aliphatic heterocycles. The number of para-hydroxylation sites is 1. The number of allylic oxidation sites excluding steroid dienone is 1. The number of nitrogens with zero attached hydrogens (tertiary/aromatic N) is 4. The molecule has 0 radical (unpaired) electrons. The Morgan fingerprint density at radius 3 is 2.84 bits per heavy atom. The molecule has 0 atom stereocenters. The van der Waals surface area contributed by atoms with Crippen LogP contribution in [-0.2, 0) is 0 Å². The number of anilines is 1. The number of fused-ring (bicyclic) bond motifs is 3. The van der Waals surface area contributed by atoms with Crippen LogP contribution in [0.3, 0.4) is 0 Å². The van der Waals surface area contributed by atoms with E-state index in [4.69, 9.17) is 0 Å². The Hall–Kier alpha value is -3.50. The van der Waals surface area contributed by atoms with Gasteiger partial charge in [-0.15, -0.1) is 0 Å². The minimum Gasteiger partial charge on any atom is -0.355 e. The zero-order valence-corrected chi connectivity index (χ0v) is 13.7. The van der Waals surface area contributed by atoms with Gasteiger partial charge >= 0.3 is 0 Å². The predicted molar refractivity (Wildman–Crippen MR) is 98.3 cm³/mol. The van der Waals surface area contributed by atoms with Crippen molar-refractivity contribution >= 4 is 37.8 Å². The fourth-order valence-corrected chi connectivity index (χ4v) is 3.47. The molecule has 3 heterocycles. The van der Waals surface area contributed by atoms with E-state index >= 15 is 0 Å². The van der Waals surface area contributed by atoms with Crippen molar-refractivity contribution in [2.45, 2.75) is 0 Å². The van der Waals surface area contributed by atoms with Crippen LogP contribution in [0.4, 0.5) is 5.69 Å². The van der Waals surface area contributed by atoms with E-state index in [1.807, 2.05) is 24.3 Å². The van der Waals surface area contributed by atoms with Gasteiger partial charge in [0.2, 0.25) is 0 Å². The van der Waals surface area contributed by atoms with Crippen LogP contribution in [0, 0.1) is 11.3 Å². The van der Waals surface area contributed by atoms with E-state index in [0.29, 0.717) is 21.9 Å². The maximum atomic E-state index is 12.8. The van der Waals surface area contributed by atoms with Crippen molar-refractivity contribution in [3.63, 3.8) is 0 Å². The molecular weight excluding hydrogens is 334 g/mol. The lowest BCUT2D eigenvalue weighted by Crippen LogP contribution is -2.16. The number of pyridine rings is 1. The summed E-state index contributed by atoms with van der Waals surface area (Å²) < 4.78 is 2.56. The minimum absolute atomic E-state index is 0.211. The van der Waals surface area contributed by atoms with Gasteiger partial charge in [-0.2, -0.15) is 5.26 Å². The highest BCUT2D eigenvalue weighted by atomic mass is 32.1. The molecule has 4 aromatic rings. The summed E-state index contributed by atoms with van der Waals surface area (Å²) in [5, 5.41) is 12.2. The van der Waals surface area contributed by atoms with Gasteiger partial charge < -0.3 is 5.32 Å². The molecule has 1 aromatic carbocycles. The van der Waals surface area contributed by atoms with E-state index in [1.165, 1.54) is 23.7 Å². The summed E-state index contributed by atoms with van der Waals surface area (Å²) in [6.45, 7) is 0. The molecule has 0 spiro atoms. The van der Waals surface area contributed by atoms with Crippen molar-refractivity contribution in [2.24, 2.45) is 0 Å². The smallest absolute Gasteiger partial charge is 0.282 e. The van der Waals surface area contributed by atoms with Crippen LogP contribution in [0.15, 0.2) is 65.9 Å². The molecule has 7 heteroatoms. The number of nitrogens with one attached hydrogen (secondary N) is 1. The molecule has 0 unspecified atom stereocenters. The van der Waals surface area contributed by atoms with Gasteiger partial charge in [0.1, 0.15) is 11.8 Å². The molecule has 3 aromatic heterocycles. The second-order valence-electron chi connectivity index (χ2n) is 5.19. The average molecular weight is 345 g/mol. The number of aromatic nitrogens is 3. The predicted octanol–water partition coefficient (Wildman–Crippen LogP) is 3.28. The van der Waals surface area contributed by atoms with Crippen molar-refractivity contribution in [3.05, 3.63) is 77.1 Å². The van der Waals surface area contributed by atoms with Gasteiger partial charge in [-0.05, 0) is 24.3 Å². The van der Waals surface area contributed by atoms with Crippen LogP contribution >= 0.6 is 11.3 Å². The first kappa shape index (κ1) is 15.1. The molecule has 1 N–H and O–H groups in total. The average Bonchev–Trinajstić information content (AvgIpc) is 3.04. The summed E-state index contributed by atoms with van der Waals surface area (Å²) in [6.07, 6.45) is 4.57. The van der Waals surface area contributed by atoms with Crippen LogP contribution < -0.4 is 10.9 Å². The molecular formula is C18H11N5OS. The second-order valence-corrected chi connectivity index (χ2v) is 6.20. The molecule has 0 saturated heterocycles. The van der Waals surface area contributed by atoms with Crippen LogP contribution in [-0.4, -0.2) is 14.4 Å². The summed E-state index contributed by atoms with van der Waals surface area (Å²) in [5.74, 6) is 0. The lowest BCUT2D eigenvalue weighted by Gasteiger charge is -2.02. The summed E-state index contributed by atoms with van der Waals surface area (Å²) in [7, 11) is 0. The van der Waals surface area contributed by atoms with E-state index < -0.39 is 0 Å². The van der Waals surface area contributed by atoms with Crippen molar-refractivity contribution in [1.29, 1.82) is 5.26 Å². The van der Waals surface area contributed by atoms with Crippen LogP contribution in [0.25, 0.3) is 20.8 Å². The van der Waals surface area contributed by atoms with Gasteiger partial charge in [0, 0.05) is 12.4 Å². The number of thiazole rings is 1. The summed E-state index contributed by atoms with van der Waals surface area (Å²) in [4.78, 5) is 21.9. The fraction of sp³-hybridized carbons (Fsp3) is 0. The number of nitriles is 1. The SMILES string of the molecule is N#C/C(=C/Nc1cnc2sc3ccccc3n2c1=O)c1ccccn1. The fourth-order valence-electron chi connectivity index (χ4n) is 2.49. The minimum atomic E-state index is -0.211. The Bertz CT molecular complexity index is 1200. The zero-order valence-electron chi connectivity index (χ0n) is 12.9. The third kappa shape index (κ3) is 2.65. The normalized spacial score (nSPS) is 11.6. The van der Waals surface area contributed by atoms with Gasteiger partial charge in [0.15, 0.2) is 4.96 Å². The van der Waals surface area contributed by atoms with E-state index in [2.05, 4.69) is 21.4 Å². The lowest BCUT2D eigenvalue weighted by atomic mass is 10.2. The van der Waals surface area contributed by atoms with Crippen molar-refractivity contribution in [3.8, 4) is 6.07 Å². The third-order valence-electron chi connectivity index (χ3n) is 3.67. The van der Waals surface area contributed by atoms with Crippen molar-refractivity contribution in [1.82, 2.24) is 14.4 Å². The maximum absolute atomic E-state index is 12.8. The molecule has 0 amide bonds. The summed E-state index contributed by atoms with van der Waals surface area (Å²) in [6, 6.07) is 15.0. The van der Waals surface area contributed by atoms with Gasteiger partial charge in [-0.1, -0.05) is 29.5 Å². The molecule has 0 aliphatic rings. The first-order chi connectivity index (χ1) is 12.3. The van der Waals surface area contributed by atoms with E-state index in [-0.39, 0.29) is 5.56 Å². The summed E-state index contributed by atoms with van der Waals surface area (Å²) in [5.41, 5.74) is 1.77. The second kappa shape index (κ2) is 6.19. The number of hydrogen-bond donors (Lipinski definition) is 1. The van der Waals surface area contributed by atoms with E-state index in [0.717, 1.165) is 10.2 Å². The van der Waals surface area contributed by atoms with Gasteiger partial charge in [0.05, 0.1) is 27.7 Å². The Balaban J connectivity index is 1.79. The monoisotopic (exact) mass is 345 g/mol. The molecule has 6 nitrogen and oxygen atoms in total. The quantitative estimate of drug-likeness (QED) is 0.576. The Morgan fingerprint density at radius 1 is 1.20 bits per heavy atom. The first-order valence-corrected chi connectivity index (χ1v) is 8.27. The van der Waals surface area contributed by atoms with Crippen molar-refractivity contribution in [2.75, 3.05) is 5.32 Å². The maximum Gasteiger partial charge on any atom is 0.282 e. The van der Waals surface area contributed by atoms with E-state index in [9.17, 15) is 10.1 Å². The van der Waals surface area contributed by atoms with Gasteiger partial charge in [-0.25, -0.2) is 9.38 Å². The standard InChI is InChI=1S/C18H11N5OS/c19-9-12(13-5-3-4-8-20-13)10-21-14-11-22-18-23(17(14)24)15-6-1-2-7-16(15)25-18/h1-8,10-11,21H/b12-10-. The number of hydrogen-bond acceptors (Lipinski definition) is 6. The largest absolute Gasteiger partial charge is 0.355 e.